The Balaban J connectivity index is 1.93. The number of Topliss-reactive ketones (excluding diaryl/α,β-unsaturated/α-hetero) is 1. The van der Waals surface area contributed by atoms with Gasteiger partial charge < -0.3 is 15.7 Å². The maximum Gasteiger partial charge on any atom is 0.194 e. The summed E-state index contributed by atoms with van der Waals surface area (Å²) in [5.74, 6) is 0.0988. The summed E-state index contributed by atoms with van der Waals surface area (Å²) in [5.41, 5.74) is 3.48. The first kappa shape index (κ1) is 13.0. The molecule has 5 heteroatoms. The Labute approximate surface area is 132 Å². The van der Waals surface area contributed by atoms with E-state index in [1.54, 1.807) is 18.2 Å². The third-order valence-electron chi connectivity index (χ3n) is 4.01. The van der Waals surface area contributed by atoms with Crippen LogP contribution in [0.4, 0.5) is 0 Å². The Bertz CT molecular complexity index is 857. The molecule has 1 heterocycles. The predicted octanol–water partition coefficient (Wildman–Crippen LogP) is 2.52. The quantitative estimate of drug-likeness (QED) is 0.707. The summed E-state index contributed by atoms with van der Waals surface area (Å²) >= 11 is 5.27. The monoisotopic (exact) mass is 308 g/mol. The minimum atomic E-state index is -0.454. The normalized spacial score (nSPS) is 19.4. The molecule has 3 N–H and O–H groups in total. The third kappa shape index (κ3) is 1.76. The molecule has 108 valence electrons. The van der Waals surface area contributed by atoms with Crippen molar-refractivity contribution in [2.24, 2.45) is 0 Å². The molecular formula is C17H12N2O2S. The van der Waals surface area contributed by atoms with E-state index in [1.807, 2.05) is 30.3 Å². The van der Waals surface area contributed by atoms with Gasteiger partial charge in [0.05, 0.1) is 17.3 Å². The van der Waals surface area contributed by atoms with Crippen molar-refractivity contribution in [2.75, 3.05) is 0 Å². The highest BCUT2D eigenvalue weighted by atomic mass is 32.1. The van der Waals surface area contributed by atoms with E-state index in [-0.39, 0.29) is 11.5 Å². The van der Waals surface area contributed by atoms with Crippen molar-refractivity contribution in [1.82, 2.24) is 10.6 Å². The van der Waals surface area contributed by atoms with Crippen molar-refractivity contribution in [3.8, 4) is 5.75 Å². The van der Waals surface area contributed by atoms with Gasteiger partial charge in [0.2, 0.25) is 0 Å². The van der Waals surface area contributed by atoms with Gasteiger partial charge in [0.1, 0.15) is 5.75 Å². The number of hydrogen-bond acceptors (Lipinski definition) is 3. The average Bonchev–Trinajstić information content (AvgIpc) is 2.81. The van der Waals surface area contributed by atoms with Crippen LogP contribution >= 0.6 is 12.2 Å². The highest BCUT2D eigenvalue weighted by molar-refractivity contribution is 7.80. The second-order valence-electron chi connectivity index (χ2n) is 5.25. The van der Waals surface area contributed by atoms with E-state index < -0.39 is 6.04 Å². The molecule has 2 aliphatic rings. The lowest BCUT2D eigenvalue weighted by Gasteiger charge is -2.28. The lowest BCUT2D eigenvalue weighted by molar-refractivity contribution is 0.103. The number of carbonyl (C=O) groups excluding carboxylic acids is 1. The topological polar surface area (TPSA) is 61.4 Å². The fraction of sp³-hybridized carbons (Fsp3) is 0.0588. The lowest BCUT2D eigenvalue weighted by atomic mass is 9.94. The van der Waals surface area contributed by atoms with E-state index in [0.29, 0.717) is 21.8 Å². The molecule has 0 amide bonds. The molecule has 0 spiro atoms. The molecule has 0 aromatic heterocycles. The van der Waals surface area contributed by atoms with Crippen LogP contribution in [-0.2, 0) is 0 Å². The summed E-state index contributed by atoms with van der Waals surface area (Å²) < 4.78 is 0. The molecule has 0 radical (unpaired) electrons. The summed E-state index contributed by atoms with van der Waals surface area (Å²) in [5, 5.41) is 16.7. The summed E-state index contributed by atoms with van der Waals surface area (Å²) in [7, 11) is 0. The minimum absolute atomic E-state index is 0.0404. The zero-order chi connectivity index (χ0) is 15.3. The number of aromatic hydroxyl groups is 1. The van der Waals surface area contributed by atoms with Crippen LogP contribution < -0.4 is 10.6 Å². The maximum absolute atomic E-state index is 12.8. The van der Waals surface area contributed by atoms with Crippen LogP contribution in [0.5, 0.6) is 5.75 Å². The first-order valence-electron chi connectivity index (χ1n) is 6.90. The first-order valence-corrected chi connectivity index (χ1v) is 7.31. The van der Waals surface area contributed by atoms with Crippen molar-refractivity contribution in [2.45, 2.75) is 6.04 Å². The van der Waals surface area contributed by atoms with Crippen LogP contribution in [-0.4, -0.2) is 16.0 Å². The van der Waals surface area contributed by atoms with Gasteiger partial charge in [0, 0.05) is 16.7 Å². The Morgan fingerprint density at radius 3 is 2.45 bits per heavy atom. The van der Waals surface area contributed by atoms with Gasteiger partial charge >= 0.3 is 0 Å². The SMILES string of the molecule is O=C1C2=C(NC(=S)NC2c2ccccc2O)c2ccccc21. The van der Waals surface area contributed by atoms with E-state index >= 15 is 0 Å². The number of para-hydroxylation sites is 1. The number of rotatable bonds is 1. The number of phenolic OH excluding ortho intramolecular Hbond substituents is 1. The second kappa shape index (κ2) is 4.68. The molecular weight excluding hydrogens is 296 g/mol. The van der Waals surface area contributed by atoms with Gasteiger partial charge in [-0.25, -0.2) is 0 Å². The number of thiocarbonyl (C=S) groups is 1. The van der Waals surface area contributed by atoms with Crippen LogP contribution in [0.3, 0.4) is 0 Å². The molecule has 0 saturated carbocycles. The molecule has 4 nitrogen and oxygen atoms in total. The van der Waals surface area contributed by atoms with Crippen molar-refractivity contribution >= 4 is 28.8 Å². The number of ketones is 1. The number of hydrogen-bond donors (Lipinski definition) is 3. The van der Waals surface area contributed by atoms with Crippen LogP contribution in [0.25, 0.3) is 5.70 Å². The smallest absolute Gasteiger partial charge is 0.194 e. The van der Waals surface area contributed by atoms with E-state index in [1.165, 1.54) is 0 Å². The molecule has 0 bridgehead atoms. The van der Waals surface area contributed by atoms with Gasteiger partial charge in [0.25, 0.3) is 0 Å². The molecule has 1 aliphatic heterocycles. The van der Waals surface area contributed by atoms with Crippen molar-refractivity contribution in [3.63, 3.8) is 0 Å². The van der Waals surface area contributed by atoms with Crippen molar-refractivity contribution in [1.29, 1.82) is 0 Å². The van der Waals surface area contributed by atoms with E-state index in [2.05, 4.69) is 10.6 Å². The Kier molecular flexibility index (Phi) is 2.77. The van der Waals surface area contributed by atoms with E-state index in [4.69, 9.17) is 12.2 Å². The lowest BCUT2D eigenvalue weighted by Crippen LogP contribution is -2.43. The van der Waals surface area contributed by atoms with Gasteiger partial charge in [-0.2, -0.15) is 0 Å². The zero-order valence-electron chi connectivity index (χ0n) is 11.5. The van der Waals surface area contributed by atoms with Crippen LogP contribution in [0.2, 0.25) is 0 Å². The standard InChI is InChI=1S/C17H12N2O2S/c20-12-8-4-3-7-11(12)15-13-14(18-17(22)19-15)9-5-1-2-6-10(9)16(13)21/h1-8,15,20H,(H2,18,19,22). The van der Waals surface area contributed by atoms with Gasteiger partial charge in [-0.1, -0.05) is 42.5 Å². The largest absolute Gasteiger partial charge is 0.508 e. The van der Waals surface area contributed by atoms with E-state index in [9.17, 15) is 9.90 Å². The van der Waals surface area contributed by atoms with Crippen LogP contribution in [0.1, 0.15) is 27.5 Å². The Morgan fingerprint density at radius 2 is 1.68 bits per heavy atom. The highest BCUT2D eigenvalue weighted by Crippen LogP contribution is 2.41. The maximum atomic E-state index is 12.8. The molecule has 1 atom stereocenters. The van der Waals surface area contributed by atoms with Gasteiger partial charge in [-0.05, 0) is 18.3 Å². The van der Waals surface area contributed by atoms with Crippen molar-refractivity contribution < 1.29 is 9.90 Å². The highest BCUT2D eigenvalue weighted by Gasteiger charge is 2.39. The number of phenols is 1. The molecule has 2 aromatic carbocycles. The number of benzene rings is 2. The molecule has 1 aliphatic carbocycles. The molecule has 22 heavy (non-hydrogen) atoms. The fourth-order valence-corrected chi connectivity index (χ4v) is 3.25. The zero-order valence-corrected chi connectivity index (χ0v) is 12.3. The molecule has 0 saturated heterocycles. The Morgan fingerprint density at radius 1 is 1.00 bits per heavy atom. The molecule has 1 unspecified atom stereocenters. The summed E-state index contributed by atoms with van der Waals surface area (Å²) in [6.45, 7) is 0. The molecule has 4 rings (SSSR count). The van der Waals surface area contributed by atoms with Gasteiger partial charge in [0.15, 0.2) is 10.9 Å². The molecule has 2 aromatic rings. The Hall–Kier alpha value is -2.66. The number of nitrogens with one attached hydrogen (secondary N) is 2. The van der Waals surface area contributed by atoms with Crippen LogP contribution in [0, 0.1) is 0 Å². The number of carbonyl (C=O) groups is 1. The predicted molar refractivity (Wildman–Crippen MR) is 87.4 cm³/mol. The van der Waals surface area contributed by atoms with Crippen molar-refractivity contribution in [3.05, 3.63) is 70.8 Å². The summed E-state index contributed by atoms with van der Waals surface area (Å²) in [4.78, 5) is 12.8. The van der Waals surface area contributed by atoms with Gasteiger partial charge in [-0.3, -0.25) is 4.79 Å². The third-order valence-corrected chi connectivity index (χ3v) is 4.23. The summed E-state index contributed by atoms with van der Waals surface area (Å²) in [6, 6.07) is 14.0. The fourth-order valence-electron chi connectivity index (χ4n) is 3.03. The average molecular weight is 308 g/mol. The second-order valence-corrected chi connectivity index (χ2v) is 5.66. The molecule has 0 fully saturated rings. The van der Waals surface area contributed by atoms with Gasteiger partial charge in [-0.15, -0.1) is 0 Å². The minimum Gasteiger partial charge on any atom is -0.508 e. The number of fused-ring (bicyclic) bond motifs is 2. The van der Waals surface area contributed by atoms with Crippen LogP contribution in [0.15, 0.2) is 54.1 Å². The first-order chi connectivity index (χ1) is 10.7. The van der Waals surface area contributed by atoms with E-state index in [0.717, 1.165) is 11.3 Å². The summed E-state index contributed by atoms with van der Waals surface area (Å²) in [6.07, 6.45) is 0.